The van der Waals surface area contributed by atoms with E-state index >= 15 is 0 Å². The molecule has 8 heteroatoms. The number of rotatable bonds is 5. The molecule has 1 saturated carbocycles. The minimum Gasteiger partial charge on any atom is -0.484 e. The number of fused-ring (bicyclic) bond motifs is 2. The van der Waals surface area contributed by atoms with E-state index in [9.17, 15) is 18.0 Å². The number of ether oxygens (including phenoxy) is 2. The van der Waals surface area contributed by atoms with Gasteiger partial charge in [-0.2, -0.15) is 13.2 Å². The predicted molar refractivity (Wildman–Crippen MR) is 146 cm³/mol. The summed E-state index contributed by atoms with van der Waals surface area (Å²) in [4.78, 5) is 16.8. The number of likely N-dealkylation sites (tertiary alicyclic amines) is 1. The Balaban J connectivity index is 1.29. The van der Waals surface area contributed by atoms with Crippen LogP contribution in [0, 0.1) is 11.8 Å². The number of hydrogen-bond donors (Lipinski definition) is 1. The molecule has 4 atom stereocenters. The highest BCUT2D eigenvalue weighted by Gasteiger charge is 2.53. The Bertz CT molecular complexity index is 1180. The molecule has 4 aliphatic rings. The monoisotopic (exact) mass is 556 g/mol. The average molecular weight is 557 g/mol. The lowest BCUT2D eigenvalue weighted by Gasteiger charge is -2.48. The summed E-state index contributed by atoms with van der Waals surface area (Å²) in [5.41, 5.74) is 2.24. The van der Waals surface area contributed by atoms with Gasteiger partial charge in [0.25, 0.3) is 0 Å². The molecule has 0 aromatic heterocycles. The summed E-state index contributed by atoms with van der Waals surface area (Å²) in [5, 5.41) is 3.45. The number of halogens is 3. The maximum Gasteiger partial charge on any atom is 0.422 e. The van der Waals surface area contributed by atoms with Crippen molar-refractivity contribution < 1.29 is 27.4 Å². The van der Waals surface area contributed by atoms with Crippen molar-refractivity contribution in [2.75, 3.05) is 32.8 Å². The Morgan fingerprint density at radius 1 is 1.05 bits per heavy atom. The molecule has 0 bridgehead atoms. The largest absolute Gasteiger partial charge is 0.484 e. The quantitative estimate of drug-likeness (QED) is 0.493. The lowest BCUT2D eigenvalue weighted by Crippen LogP contribution is -2.56. The van der Waals surface area contributed by atoms with E-state index in [0.717, 1.165) is 37.8 Å². The van der Waals surface area contributed by atoms with Crippen LogP contribution in [0.15, 0.2) is 48.5 Å². The number of carbonyl (C=O) groups is 1. The Kier molecular flexibility index (Phi) is 7.83. The Labute approximate surface area is 234 Å². The zero-order valence-corrected chi connectivity index (χ0v) is 22.9. The Morgan fingerprint density at radius 2 is 1.85 bits per heavy atom. The second-order valence-electron chi connectivity index (χ2n) is 12.1. The molecule has 5 nitrogen and oxygen atoms in total. The summed E-state index contributed by atoms with van der Waals surface area (Å²) >= 11 is 0. The van der Waals surface area contributed by atoms with Crippen molar-refractivity contribution in [1.82, 2.24) is 10.2 Å². The average Bonchev–Trinajstić information content (AvgIpc) is 3.40. The first-order valence-corrected chi connectivity index (χ1v) is 14.8. The van der Waals surface area contributed by atoms with Gasteiger partial charge in [0, 0.05) is 36.7 Å². The SMILES string of the molecule is O=C([C@@H]1CNC[C@]12COCc1c(OCC(F)(F)F)cccc12)N1CC[C@@H](c2ccccc2)C[C@H]1C1CCCCC1. The predicted octanol–water partition coefficient (Wildman–Crippen LogP) is 5.97. The van der Waals surface area contributed by atoms with Gasteiger partial charge < -0.3 is 19.7 Å². The second kappa shape index (κ2) is 11.4. The number of amides is 1. The first-order chi connectivity index (χ1) is 19.4. The van der Waals surface area contributed by atoms with Gasteiger partial charge in [-0.25, -0.2) is 0 Å². The zero-order chi connectivity index (χ0) is 27.7. The van der Waals surface area contributed by atoms with E-state index in [4.69, 9.17) is 9.47 Å². The van der Waals surface area contributed by atoms with Crippen LogP contribution in [-0.2, 0) is 21.6 Å². The fraction of sp³-hybridized carbons (Fsp3) is 0.594. The van der Waals surface area contributed by atoms with E-state index < -0.39 is 18.2 Å². The van der Waals surface area contributed by atoms with Gasteiger partial charge in [0.2, 0.25) is 5.91 Å². The van der Waals surface area contributed by atoms with Crippen LogP contribution in [0.5, 0.6) is 5.75 Å². The van der Waals surface area contributed by atoms with E-state index in [1.165, 1.54) is 24.8 Å². The molecule has 2 aromatic rings. The highest BCUT2D eigenvalue weighted by Crippen LogP contribution is 2.46. The third kappa shape index (κ3) is 5.37. The van der Waals surface area contributed by atoms with Crippen molar-refractivity contribution in [2.24, 2.45) is 11.8 Å². The molecule has 1 amide bonds. The fourth-order valence-electron chi connectivity index (χ4n) is 7.87. The first-order valence-electron chi connectivity index (χ1n) is 14.8. The Morgan fingerprint density at radius 3 is 2.62 bits per heavy atom. The van der Waals surface area contributed by atoms with Crippen molar-refractivity contribution in [3.8, 4) is 5.75 Å². The van der Waals surface area contributed by atoms with Crippen molar-refractivity contribution in [2.45, 2.75) is 75.1 Å². The number of benzene rings is 2. The summed E-state index contributed by atoms with van der Waals surface area (Å²) in [5.74, 6) is 0.955. The van der Waals surface area contributed by atoms with E-state index in [1.54, 1.807) is 12.1 Å². The topological polar surface area (TPSA) is 50.8 Å². The molecular formula is C32H39F3N2O3. The normalized spacial score (nSPS) is 29.4. The summed E-state index contributed by atoms with van der Waals surface area (Å²) in [6, 6.07) is 16.1. The molecule has 6 rings (SSSR count). The third-order valence-electron chi connectivity index (χ3n) is 9.81. The molecule has 2 saturated heterocycles. The molecule has 2 aromatic carbocycles. The molecule has 1 spiro atoms. The smallest absolute Gasteiger partial charge is 0.422 e. The standard InChI is InChI=1S/C32H39F3N2O3/c33-32(34,35)21-40-29-13-7-12-26-25(29)18-39-20-31(26)19-36-17-27(31)30(38)37-15-14-24(22-8-3-1-4-9-22)16-28(37)23-10-5-2-6-11-23/h1,3-4,7-9,12-13,23-24,27-28,36H,2,5-6,10-11,14-21H2/t24-,27+,28+,31-/m1/s1. The lowest BCUT2D eigenvalue weighted by atomic mass is 9.68. The number of piperidine rings is 1. The van der Waals surface area contributed by atoms with Crippen LogP contribution in [0.25, 0.3) is 0 Å². The Hall–Kier alpha value is -2.58. The van der Waals surface area contributed by atoms with Crippen molar-refractivity contribution in [3.05, 3.63) is 65.2 Å². The molecule has 0 unspecified atom stereocenters. The maximum atomic E-state index is 14.6. The first kappa shape index (κ1) is 27.6. The van der Waals surface area contributed by atoms with E-state index in [0.29, 0.717) is 37.1 Å². The minimum atomic E-state index is -4.43. The van der Waals surface area contributed by atoms with E-state index in [-0.39, 0.29) is 30.2 Å². The van der Waals surface area contributed by atoms with Crippen LogP contribution in [0.3, 0.4) is 0 Å². The van der Waals surface area contributed by atoms with Crippen molar-refractivity contribution in [1.29, 1.82) is 0 Å². The van der Waals surface area contributed by atoms with Crippen LogP contribution in [-0.4, -0.2) is 55.9 Å². The van der Waals surface area contributed by atoms with Crippen molar-refractivity contribution in [3.63, 3.8) is 0 Å². The summed E-state index contributed by atoms with van der Waals surface area (Å²) in [7, 11) is 0. The summed E-state index contributed by atoms with van der Waals surface area (Å²) < 4.78 is 50.1. The van der Waals surface area contributed by atoms with Crippen LogP contribution < -0.4 is 10.1 Å². The molecule has 1 N–H and O–H groups in total. The van der Waals surface area contributed by atoms with Crippen LogP contribution >= 0.6 is 0 Å². The van der Waals surface area contributed by atoms with Crippen LogP contribution in [0.1, 0.15) is 67.6 Å². The molecule has 40 heavy (non-hydrogen) atoms. The minimum absolute atomic E-state index is 0.158. The van der Waals surface area contributed by atoms with Gasteiger partial charge in [0.1, 0.15) is 5.75 Å². The number of nitrogens with one attached hydrogen (secondary N) is 1. The molecule has 3 aliphatic heterocycles. The number of nitrogens with zero attached hydrogens (tertiary/aromatic N) is 1. The van der Waals surface area contributed by atoms with Gasteiger partial charge in [0.15, 0.2) is 6.61 Å². The maximum absolute atomic E-state index is 14.6. The number of hydrogen-bond acceptors (Lipinski definition) is 4. The van der Waals surface area contributed by atoms with E-state index in [1.807, 2.05) is 6.07 Å². The van der Waals surface area contributed by atoms with Gasteiger partial charge in [0.05, 0.1) is 19.1 Å². The van der Waals surface area contributed by atoms with Crippen molar-refractivity contribution >= 4 is 5.91 Å². The van der Waals surface area contributed by atoms with Gasteiger partial charge in [-0.1, -0.05) is 61.7 Å². The third-order valence-corrected chi connectivity index (χ3v) is 9.81. The molecule has 3 fully saturated rings. The molecule has 216 valence electrons. The van der Waals surface area contributed by atoms with E-state index in [2.05, 4.69) is 40.5 Å². The summed E-state index contributed by atoms with van der Waals surface area (Å²) in [6.45, 7) is 1.00. The molecule has 3 heterocycles. The van der Waals surface area contributed by atoms with Gasteiger partial charge >= 0.3 is 6.18 Å². The lowest BCUT2D eigenvalue weighted by molar-refractivity contribution is -0.153. The number of carbonyl (C=O) groups excluding carboxylic acids is 1. The summed E-state index contributed by atoms with van der Waals surface area (Å²) in [6.07, 6.45) is 3.52. The highest BCUT2D eigenvalue weighted by atomic mass is 19.4. The van der Waals surface area contributed by atoms with Crippen LogP contribution in [0.2, 0.25) is 0 Å². The molecule has 0 radical (unpaired) electrons. The zero-order valence-electron chi connectivity index (χ0n) is 22.9. The highest BCUT2D eigenvalue weighted by molar-refractivity contribution is 5.82. The second-order valence-corrected chi connectivity index (χ2v) is 12.1. The molecular weight excluding hydrogens is 517 g/mol. The fourth-order valence-corrected chi connectivity index (χ4v) is 7.87. The molecule has 1 aliphatic carbocycles. The van der Waals surface area contributed by atoms with Gasteiger partial charge in [-0.15, -0.1) is 0 Å². The van der Waals surface area contributed by atoms with Gasteiger partial charge in [-0.05, 0) is 54.7 Å². The van der Waals surface area contributed by atoms with Crippen LogP contribution in [0.4, 0.5) is 13.2 Å². The number of alkyl halides is 3. The van der Waals surface area contributed by atoms with Gasteiger partial charge in [-0.3, -0.25) is 4.79 Å².